The molecule has 88 valence electrons. The second-order valence-corrected chi connectivity index (χ2v) is 3.44. The highest BCUT2D eigenvalue weighted by molar-refractivity contribution is 5.85. The molecule has 0 unspecified atom stereocenters. The molecule has 1 rings (SSSR count). The topological polar surface area (TPSA) is 82.0 Å². The van der Waals surface area contributed by atoms with Crippen LogP contribution in [0.3, 0.4) is 0 Å². The number of nitrogens with one attached hydrogen (secondary N) is 2. The van der Waals surface area contributed by atoms with E-state index in [0.717, 1.165) is 5.56 Å². The molecule has 0 bridgehead atoms. The summed E-state index contributed by atoms with van der Waals surface area (Å²) in [4.78, 5) is 22.3. The fraction of sp³-hybridized carbons (Fsp3) is 0.250. The number of carbonyl (C=O) groups is 2. The van der Waals surface area contributed by atoms with Gasteiger partial charge in [0.05, 0.1) is 24.6 Å². The van der Waals surface area contributed by atoms with E-state index in [1.807, 2.05) is 6.07 Å². The predicted octanol–water partition coefficient (Wildman–Crippen LogP) is -0.0370. The van der Waals surface area contributed by atoms with Crippen molar-refractivity contribution in [3.8, 4) is 6.07 Å². The largest absolute Gasteiger partial charge is 0.358 e. The third kappa shape index (κ3) is 4.34. The van der Waals surface area contributed by atoms with Crippen LogP contribution in [0.4, 0.5) is 0 Å². The smallest absolute Gasteiger partial charge is 0.239 e. The summed E-state index contributed by atoms with van der Waals surface area (Å²) in [6, 6.07) is 8.75. The molecule has 0 saturated carbocycles. The van der Waals surface area contributed by atoms with Gasteiger partial charge < -0.3 is 10.6 Å². The van der Waals surface area contributed by atoms with Crippen LogP contribution in [0.2, 0.25) is 0 Å². The van der Waals surface area contributed by atoms with Gasteiger partial charge in [-0.15, -0.1) is 0 Å². The summed E-state index contributed by atoms with van der Waals surface area (Å²) in [6.07, 6.45) is 0.197. The Hall–Kier alpha value is -2.35. The van der Waals surface area contributed by atoms with Crippen LogP contribution in [0.5, 0.6) is 0 Å². The van der Waals surface area contributed by atoms with E-state index in [1.54, 1.807) is 24.3 Å². The molecule has 0 aromatic heterocycles. The highest BCUT2D eigenvalue weighted by atomic mass is 16.2. The van der Waals surface area contributed by atoms with Gasteiger partial charge in [-0.2, -0.15) is 5.26 Å². The summed E-state index contributed by atoms with van der Waals surface area (Å²) in [6.45, 7) is -0.0222. The first-order valence-corrected chi connectivity index (χ1v) is 5.12. The summed E-state index contributed by atoms with van der Waals surface area (Å²) >= 11 is 0. The molecule has 1 aromatic rings. The van der Waals surface area contributed by atoms with Crippen LogP contribution < -0.4 is 10.6 Å². The number of likely N-dealkylation sites (N-methyl/N-ethyl adjacent to an activating group) is 1. The Morgan fingerprint density at radius 3 is 2.41 bits per heavy atom. The van der Waals surface area contributed by atoms with E-state index in [9.17, 15) is 9.59 Å². The van der Waals surface area contributed by atoms with Gasteiger partial charge in [0.2, 0.25) is 11.8 Å². The summed E-state index contributed by atoms with van der Waals surface area (Å²) in [5.41, 5.74) is 1.36. The second kappa shape index (κ2) is 6.28. The minimum Gasteiger partial charge on any atom is -0.358 e. The van der Waals surface area contributed by atoms with Crippen molar-refractivity contribution >= 4 is 11.8 Å². The second-order valence-electron chi connectivity index (χ2n) is 3.44. The van der Waals surface area contributed by atoms with E-state index >= 15 is 0 Å². The molecular weight excluding hydrogens is 218 g/mol. The highest BCUT2D eigenvalue weighted by Crippen LogP contribution is 2.03. The van der Waals surface area contributed by atoms with Crippen molar-refractivity contribution in [3.63, 3.8) is 0 Å². The number of nitriles is 1. The lowest BCUT2D eigenvalue weighted by molar-refractivity contribution is -0.125. The van der Waals surface area contributed by atoms with Crippen LogP contribution in [0.1, 0.15) is 11.1 Å². The first kappa shape index (κ1) is 12.7. The first-order valence-electron chi connectivity index (χ1n) is 5.12. The van der Waals surface area contributed by atoms with Crippen molar-refractivity contribution in [3.05, 3.63) is 35.4 Å². The third-order valence-electron chi connectivity index (χ3n) is 2.17. The minimum absolute atomic E-state index is 0.0222. The van der Waals surface area contributed by atoms with Gasteiger partial charge in [-0.1, -0.05) is 12.1 Å². The van der Waals surface area contributed by atoms with Crippen LogP contribution in [0.15, 0.2) is 24.3 Å². The molecule has 0 heterocycles. The first-order chi connectivity index (χ1) is 8.15. The van der Waals surface area contributed by atoms with Crippen molar-refractivity contribution < 1.29 is 9.59 Å². The van der Waals surface area contributed by atoms with Crippen molar-refractivity contribution in [1.82, 2.24) is 10.6 Å². The SMILES string of the molecule is CNC(=O)CNC(=O)Cc1ccc(C#N)cc1. The number of rotatable bonds is 4. The van der Waals surface area contributed by atoms with Gasteiger partial charge in [0.25, 0.3) is 0 Å². The molecule has 2 amide bonds. The van der Waals surface area contributed by atoms with E-state index in [2.05, 4.69) is 10.6 Å². The maximum atomic E-state index is 11.4. The molecule has 2 N–H and O–H groups in total. The fourth-order valence-electron chi connectivity index (χ4n) is 1.21. The van der Waals surface area contributed by atoms with Crippen LogP contribution in [0.25, 0.3) is 0 Å². The van der Waals surface area contributed by atoms with Gasteiger partial charge in [0.15, 0.2) is 0 Å². The normalized spacial score (nSPS) is 9.18. The Morgan fingerprint density at radius 2 is 1.88 bits per heavy atom. The molecule has 0 aliphatic rings. The van der Waals surface area contributed by atoms with E-state index in [0.29, 0.717) is 5.56 Å². The summed E-state index contributed by atoms with van der Waals surface area (Å²) in [5, 5.41) is 13.5. The van der Waals surface area contributed by atoms with Crippen molar-refractivity contribution in [2.75, 3.05) is 13.6 Å². The van der Waals surface area contributed by atoms with E-state index in [4.69, 9.17) is 5.26 Å². The molecule has 0 fully saturated rings. The van der Waals surface area contributed by atoms with Gasteiger partial charge in [-0.05, 0) is 17.7 Å². The van der Waals surface area contributed by atoms with Gasteiger partial charge in [0, 0.05) is 7.05 Å². The van der Waals surface area contributed by atoms with E-state index in [1.165, 1.54) is 7.05 Å². The Morgan fingerprint density at radius 1 is 1.24 bits per heavy atom. The van der Waals surface area contributed by atoms with Crippen molar-refractivity contribution in [2.45, 2.75) is 6.42 Å². The Balaban J connectivity index is 2.45. The lowest BCUT2D eigenvalue weighted by atomic mass is 10.1. The quantitative estimate of drug-likeness (QED) is 0.763. The number of benzene rings is 1. The molecular formula is C12H13N3O2. The third-order valence-corrected chi connectivity index (χ3v) is 2.17. The molecule has 0 atom stereocenters. The van der Waals surface area contributed by atoms with Crippen LogP contribution in [-0.4, -0.2) is 25.4 Å². The number of carbonyl (C=O) groups excluding carboxylic acids is 2. The van der Waals surface area contributed by atoms with Crippen LogP contribution >= 0.6 is 0 Å². The number of hydrogen-bond acceptors (Lipinski definition) is 3. The molecule has 0 radical (unpaired) electrons. The summed E-state index contributed by atoms with van der Waals surface area (Å²) < 4.78 is 0. The van der Waals surface area contributed by atoms with E-state index < -0.39 is 0 Å². The average molecular weight is 231 g/mol. The summed E-state index contributed by atoms with van der Waals surface area (Å²) in [7, 11) is 1.51. The molecule has 5 heteroatoms. The minimum atomic E-state index is -0.238. The van der Waals surface area contributed by atoms with E-state index in [-0.39, 0.29) is 24.8 Å². The van der Waals surface area contributed by atoms with Gasteiger partial charge in [0.1, 0.15) is 0 Å². The molecule has 17 heavy (non-hydrogen) atoms. The molecule has 5 nitrogen and oxygen atoms in total. The maximum absolute atomic E-state index is 11.4. The van der Waals surface area contributed by atoms with Crippen LogP contribution in [0, 0.1) is 11.3 Å². The van der Waals surface area contributed by atoms with Gasteiger partial charge in [-0.3, -0.25) is 9.59 Å². The Kier molecular flexibility index (Phi) is 4.70. The molecule has 0 saturated heterocycles. The lowest BCUT2D eigenvalue weighted by Crippen LogP contribution is -2.35. The fourth-order valence-corrected chi connectivity index (χ4v) is 1.21. The molecule has 1 aromatic carbocycles. The Labute approximate surface area is 99.4 Å². The highest BCUT2D eigenvalue weighted by Gasteiger charge is 2.05. The monoisotopic (exact) mass is 231 g/mol. The average Bonchev–Trinajstić information content (AvgIpc) is 2.36. The predicted molar refractivity (Wildman–Crippen MR) is 61.9 cm³/mol. The molecule has 0 aliphatic heterocycles. The molecule has 0 aliphatic carbocycles. The number of amides is 2. The van der Waals surface area contributed by atoms with Crippen LogP contribution in [-0.2, 0) is 16.0 Å². The van der Waals surface area contributed by atoms with Gasteiger partial charge in [-0.25, -0.2) is 0 Å². The number of hydrogen-bond donors (Lipinski definition) is 2. The van der Waals surface area contributed by atoms with Crippen molar-refractivity contribution in [1.29, 1.82) is 5.26 Å². The molecule has 0 spiro atoms. The Bertz CT molecular complexity index is 446. The lowest BCUT2D eigenvalue weighted by Gasteiger charge is -2.04. The zero-order chi connectivity index (χ0) is 12.7. The number of nitrogens with zero attached hydrogens (tertiary/aromatic N) is 1. The maximum Gasteiger partial charge on any atom is 0.239 e. The zero-order valence-electron chi connectivity index (χ0n) is 9.49. The standard InChI is InChI=1S/C12H13N3O2/c1-14-12(17)8-15-11(16)6-9-2-4-10(7-13)5-3-9/h2-5H,6,8H2,1H3,(H,14,17)(H,15,16). The summed E-state index contributed by atoms with van der Waals surface area (Å²) in [5.74, 6) is -0.462. The van der Waals surface area contributed by atoms with Crippen molar-refractivity contribution in [2.24, 2.45) is 0 Å². The zero-order valence-corrected chi connectivity index (χ0v) is 9.49. The van der Waals surface area contributed by atoms with Gasteiger partial charge >= 0.3 is 0 Å².